The highest BCUT2D eigenvalue weighted by Gasteiger charge is 2.08. The quantitative estimate of drug-likeness (QED) is 0.300. The smallest absolute Gasteiger partial charge is 0.305 e. The molecule has 2 N–H and O–H groups in total. The Morgan fingerprint density at radius 2 is 1.04 bits per heavy atom. The number of carbonyl (C=O) groups is 1. The summed E-state index contributed by atoms with van der Waals surface area (Å²) in [6.45, 7) is 2.27. The third-order valence-electron chi connectivity index (χ3n) is 4.55. The third kappa shape index (κ3) is 19.4. The van der Waals surface area contributed by atoms with Crippen LogP contribution >= 0.6 is 0 Å². The fraction of sp³-hybridized carbons (Fsp3) is 0.950. The van der Waals surface area contributed by atoms with E-state index in [1.165, 1.54) is 83.5 Å². The Morgan fingerprint density at radius 3 is 1.39 bits per heavy atom. The molecule has 0 aliphatic rings. The van der Waals surface area contributed by atoms with Crippen molar-refractivity contribution >= 4 is 5.97 Å². The van der Waals surface area contributed by atoms with Crippen LogP contribution in [0.15, 0.2) is 0 Å². The van der Waals surface area contributed by atoms with Crippen LogP contribution in [0.5, 0.6) is 0 Å². The van der Waals surface area contributed by atoms with E-state index in [1.54, 1.807) is 0 Å². The van der Waals surface area contributed by atoms with Gasteiger partial charge in [-0.25, -0.2) is 0 Å². The van der Waals surface area contributed by atoms with Gasteiger partial charge in [0.1, 0.15) is 0 Å². The molecule has 0 radical (unpaired) electrons. The van der Waals surface area contributed by atoms with Gasteiger partial charge >= 0.3 is 5.97 Å². The van der Waals surface area contributed by atoms with Gasteiger partial charge < -0.3 is 10.2 Å². The van der Waals surface area contributed by atoms with Gasteiger partial charge in [0, 0.05) is 0 Å². The number of carboxylic acid groups (broad SMARTS) is 1. The predicted molar refractivity (Wildman–Crippen MR) is 97.8 cm³/mol. The molecule has 23 heavy (non-hydrogen) atoms. The molecule has 0 fully saturated rings. The molecule has 0 aliphatic heterocycles. The zero-order valence-electron chi connectivity index (χ0n) is 15.4. The molecule has 0 spiro atoms. The lowest BCUT2D eigenvalue weighted by atomic mass is 10.0. The van der Waals surface area contributed by atoms with Crippen LogP contribution in [-0.4, -0.2) is 22.3 Å². The molecule has 1 atom stereocenters. The zero-order chi connectivity index (χ0) is 17.2. The van der Waals surface area contributed by atoms with Crippen molar-refractivity contribution in [3.63, 3.8) is 0 Å². The lowest BCUT2D eigenvalue weighted by molar-refractivity contribution is -0.139. The van der Waals surface area contributed by atoms with Crippen LogP contribution < -0.4 is 0 Å². The summed E-state index contributed by atoms with van der Waals surface area (Å²) in [5, 5.41) is 18.0. The molecule has 0 aliphatic carbocycles. The van der Waals surface area contributed by atoms with Crippen LogP contribution in [0.3, 0.4) is 0 Å². The lowest BCUT2D eigenvalue weighted by Gasteiger charge is -2.07. The minimum absolute atomic E-state index is 0.112. The summed E-state index contributed by atoms with van der Waals surface area (Å²) in [6.07, 6.45) is 19.7. The lowest BCUT2D eigenvalue weighted by Crippen LogP contribution is -2.12. The number of hydrogen-bond donors (Lipinski definition) is 2. The highest BCUT2D eigenvalue weighted by Crippen LogP contribution is 2.14. The molecular formula is C20H40O3. The molecule has 0 bridgehead atoms. The van der Waals surface area contributed by atoms with Crippen LogP contribution in [0, 0.1) is 0 Å². The summed E-state index contributed by atoms with van der Waals surface area (Å²) < 4.78 is 0. The van der Waals surface area contributed by atoms with Crippen LogP contribution in [0.1, 0.15) is 116 Å². The van der Waals surface area contributed by atoms with E-state index in [0.29, 0.717) is 6.42 Å². The number of aliphatic carboxylic acids is 1. The second kappa shape index (κ2) is 17.8. The average molecular weight is 329 g/mol. The van der Waals surface area contributed by atoms with E-state index < -0.39 is 12.1 Å². The monoisotopic (exact) mass is 328 g/mol. The maximum Gasteiger partial charge on any atom is 0.305 e. The minimum Gasteiger partial charge on any atom is -0.481 e. The summed E-state index contributed by atoms with van der Waals surface area (Å²) in [7, 11) is 0. The van der Waals surface area contributed by atoms with E-state index >= 15 is 0 Å². The van der Waals surface area contributed by atoms with Crippen LogP contribution in [-0.2, 0) is 4.79 Å². The number of carboxylic acids is 1. The molecular weight excluding hydrogens is 288 g/mol. The zero-order valence-corrected chi connectivity index (χ0v) is 15.4. The Labute approximate surface area is 143 Å². The molecule has 0 rings (SSSR count). The first-order valence-electron chi connectivity index (χ1n) is 10.1. The van der Waals surface area contributed by atoms with Gasteiger partial charge in [-0.15, -0.1) is 0 Å². The molecule has 0 amide bonds. The van der Waals surface area contributed by atoms with Gasteiger partial charge in [0.15, 0.2) is 0 Å². The van der Waals surface area contributed by atoms with Crippen molar-refractivity contribution in [2.75, 3.05) is 0 Å². The van der Waals surface area contributed by atoms with Crippen molar-refractivity contribution in [2.24, 2.45) is 0 Å². The van der Waals surface area contributed by atoms with Gasteiger partial charge in [0.2, 0.25) is 0 Å². The molecule has 0 unspecified atom stereocenters. The van der Waals surface area contributed by atoms with Crippen LogP contribution in [0.2, 0.25) is 0 Å². The van der Waals surface area contributed by atoms with Crippen molar-refractivity contribution in [1.82, 2.24) is 0 Å². The summed E-state index contributed by atoms with van der Waals surface area (Å²) in [6, 6.07) is 0. The predicted octanol–water partition coefficient (Wildman–Crippen LogP) is 6.08. The topological polar surface area (TPSA) is 57.5 Å². The molecule has 0 aromatic rings. The Morgan fingerprint density at radius 1 is 0.696 bits per heavy atom. The van der Waals surface area contributed by atoms with Crippen LogP contribution in [0.25, 0.3) is 0 Å². The third-order valence-corrected chi connectivity index (χ3v) is 4.55. The van der Waals surface area contributed by atoms with Gasteiger partial charge in [-0.05, 0) is 6.42 Å². The molecule has 0 heterocycles. The first kappa shape index (κ1) is 22.4. The number of aliphatic hydroxyl groups excluding tert-OH is 1. The van der Waals surface area contributed by atoms with E-state index in [4.69, 9.17) is 5.11 Å². The Hall–Kier alpha value is -0.570. The molecule has 3 heteroatoms. The number of hydrogen-bond acceptors (Lipinski definition) is 2. The molecule has 0 aromatic carbocycles. The molecule has 0 saturated carbocycles. The molecule has 138 valence electrons. The highest BCUT2D eigenvalue weighted by atomic mass is 16.4. The first-order chi connectivity index (χ1) is 11.2. The van der Waals surface area contributed by atoms with Gasteiger partial charge in [0.25, 0.3) is 0 Å². The van der Waals surface area contributed by atoms with Gasteiger partial charge in [-0.3, -0.25) is 4.79 Å². The van der Waals surface area contributed by atoms with E-state index in [1.807, 2.05) is 0 Å². The Kier molecular flexibility index (Phi) is 17.3. The van der Waals surface area contributed by atoms with Crippen molar-refractivity contribution in [3.8, 4) is 0 Å². The van der Waals surface area contributed by atoms with Gasteiger partial charge in [-0.2, -0.15) is 0 Å². The Bertz CT molecular complexity index is 253. The summed E-state index contributed by atoms with van der Waals surface area (Å²) in [5.41, 5.74) is 0. The van der Waals surface area contributed by atoms with Crippen molar-refractivity contribution in [2.45, 2.75) is 122 Å². The standard InChI is InChI=1S/C20H40O3/c1-2-3-4-5-6-7-8-9-10-11-12-13-14-15-16-17-19(21)18-20(22)23/h19,21H,2-18H2,1H3,(H,22,23)/t19-/m0/s1. The Balaban J connectivity index is 3.06. The summed E-state index contributed by atoms with van der Waals surface area (Å²) in [4.78, 5) is 10.4. The fourth-order valence-corrected chi connectivity index (χ4v) is 3.05. The molecule has 3 nitrogen and oxygen atoms in total. The maximum atomic E-state index is 10.4. The second-order valence-electron chi connectivity index (χ2n) is 6.99. The first-order valence-corrected chi connectivity index (χ1v) is 10.1. The summed E-state index contributed by atoms with van der Waals surface area (Å²) in [5.74, 6) is -0.904. The number of aliphatic hydroxyl groups is 1. The average Bonchev–Trinajstić information content (AvgIpc) is 2.50. The minimum atomic E-state index is -0.904. The summed E-state index contributed by atoms with van der Waals surface area (Å²) >= 11 is 0. The number of rotatable bonds is 18. The van der Waals surface area contributed by atoms with Crippen molar-refractivity contribution in [3.05, 3.63) is 0 Å². The van der Waals surface area contributed by atoms with Crippen molar-refractivity contribution in [1.29, 1.82) is 0 Å². The van der Waals surface area contributed by atoms with E-state index in [9.17, 15) is 9.90 Å². The normalized spacial score (nSPS) is 12.4. The fourth-order valence-electron chi connectivity index (χ4n) is 3.05. The van der Waals surface area contributed by atoms with Gasteiger partial charge in [0.05, 0.1) is 12.5 Å². The van der Waals surface area contributed by atoms with E-state index in [-0.39, 0.29) is 6.42 Å². The second-order valence-corrected chi connectivity index (χ2v) is 6.99. The van der Waals surface area contributed by atoms with E-state index in [0.717, 1.165) is 12.8 Å². The van der Waals surface area contributed by atoms with E-state index in [2.05, 4.69) is 6.92 Å². The maximum absolute atomic E-state index is 10.4. The highest BCUT2D eigenvalue weighted by molar-refractivity contribution is 5.67. The number of unbranched alkanes of at least 4 members (excludes halogenated alkanes) is 14. The largest absolute Gasteiger partial charge is 0.481 e. The van der Waals surface area contributed by atoms with Crippen LogP contribution in [0.4, 0.5) is 0 Å². The van der Waals surface area contributed by atoms with Gasteiger partial charge in [-0.1, -0.05) is 103 Å². The molecule has 0 aromatic heterocycles. The SMILES string of the molecule is CCCCCCCCCCCCCCCCC[C@H](O)CC(=O)O. The van der Waals surface area contributed by atoms with Crippen molar-refractivity contribution < 1.29 is 15.0 Å². The molecule has 0 saturated heterocycles.